The van der Waals surface area contributed by atoms with Crippen LogP contribution in [0.2, 0.25) is 0 Å². The van der Waals surface area contributed by atoms with Crippen LogP contribution in [0.5, 0.6) is 11.5 Å². The van der Waals surface area contributed by atoms with Crippen LogP contribution < -0.4 is 10.7 Å². The highest BCUT2D eigenvalue weighted by atomic mass is 16.6. The number of allylic oxidation sites excluding steroid dienone is 4. The lowest BCUT2D eigenvalue weighted by molar-refractivity contribution is 0.335. The van der Waals surface area contributed by atoms with Gasteiger partial charge in [-0.2, -0.15) is 5.90 Å². The van der Waals surface area contributed by atoms with Crippen LogP contribution in [0.15, 0.2) is 115 Å². The van der Waals surface area contributed by atoms with Gasteiger partial charge in [-0.1, -0.05) is 66.8 Å². The first kappa shape index (κ1) is 23.2. The monoisotopic (exact) mass is 469 g/mol. The standard InChI is InChI=1S/C33H27NO2/c1-3-8-27(4-2)33(28-9-6-5-7-10-28,29-15-11-25-21-31(35)17-13-23(25)19-29)30-16-12-26-22-32(36-34)18-14-24(26)20-30/h3-4,6,8-22,35H,34H2,1-2H3/b8-3-,27-4+. The van der Waals surface area contributed by atoms with E-state index in [4.69, 9.17) is 10.7 Å². The number of nitrogens with two attached hydrogens (primary N) is 1. The van der Waals surface area contributed by atoms with Crippen molar-refractivity contribution in [1.82, 2.24) is 0 Å². The van der Waals surface area contributed by atoms with Crippen LogP contribution in [0.25, 0.3) is 21.5 Å². The smallest absolute Gasteiger partial charge is 0.147 e. The summed E-state index contributed by atoms with van der Waals surface area (Å²) in [5.74, 6) is 6.28. The number of hydrogen-bond acceptors (Lipinski definition) is 3. The van der Waals surface area contributed by atoms with E-state index in [-0.39, 0.29) is 5.75 Å². The molecular formula is C33H27NO2. The number of benzene rings is 4. The third kappa shape index (κ3) is 3.88. The number of aromatic hydroxyl groups is 1. The average Bonchev–Trinajstić information content (AvgIpc) is 2.93. The first-order chi connectivity index (χ1) is 17.6. The molecule has 1 atom stereocenters. The molecule has 0 amide bonds. The van der Waals surface area contributed by atoms with Crippen LogP contribution in [-0.2, 0) is 5.41 Å². The lowest BCUT2D eigenvalue weighted by Crippen LogP contribution is -2.31. The summed E-state index contributed by atoms with van der Waals surface area (Å²) in [6.07, 6.45) is 6.43. The van der Waals surface area contributed by atoms with Gasteiger partial charge in [-0.25, -0.2) is 0 Å². The third-order valence-corrected chi connectivity index (χ3v) is 6.82. The van der Waals surface area contributed by atoms with Gasteiger partial charge < -0.3 is 9.94 Å². The molecule has 0 aliphatic carbocycles. The fourth-order valence-corrected chi connectivity index (χ4v) is 5.19. The van der Waals surface area contributed by atoms with E-state index >= 15 is 0 Å². The summed E-state index contributed by atoms with van der Waals surface area (Å²) in [5.41, 5.74) is 3.86. The maximum atomic E-state index is 10.0. The SMILES string of the molecule is C/C=C\C(=C/C)C(c1cc#ccc1)(c1ccc2cc(O)ccc2c1)c1ccc2cc(ON)ccc2c1. The number of rotatable bonds is 6. The third-order valence-electron chi connectivity index (χ3n) is 6.82. The summed E-state index contributed by atoms with van der Waals surface area (Å²) in [6.45, 7) is 4.12. The van der Waals surface area contributed by atoms with Gasteiger partial charge in [0.1, 0.15) is 11.5 Å². The minimum atomic E-state index is -0.615. The topological polar surface area (TPSA) is 55.5 Å². The zero-order valence-corrected chi connectivity index (χ0v) is 20.3. The van der Waals surface area contributed by atoms with E-state index in [9.17, 15) is 5.11 Å². The van der Waals surface area contributed by atoms with Gasteiger partial charge in [0.05, 0.1) is 5.41 Å². The Morgan fingerprint density at radius 3 is 2.03 bits per heavy atom. The normalized spacial score (nSPS) is 13.6. The van der Waals surface area contributed by atoms with Crippen LogP contribution >= 0.6 is 0 Å². The highest BCUT2D eigenvalue weighted by molar-refractivity contribution is 5.88. The maximum absolute atomic E-state index is 10.0. The van der Waals surface area contributed by atoms with Gasteiger partial charge in [0.2, 0.25) is 0 Å². The van der Waals surface area contributed by atoms with Gasteiger partial charge in [-0.05, 0) is 112 Å². The first-order valence-corrected chi connectivity index (χ1v) is 11.9. The second-order valence-electron chi connectivity index (χ2n) is 8.80. The van der Waals surface area contributed by atoms with E-state index in [2.05, 4.69) is 79.7 Å². The zero-order chi connectivity index (χ0) is 25.1. The van der Waals surface area contributed by atoms with Gasteiger partial charge >= 0.3 is 0 Å². The molecule has 0 saturated heterocycles. The molecule has 0 saturated carbocycles. The molecular weight excluding hydrogens is 442 g/mol. The second-order valence-corrected chi connectivity index (χ2v) is 8.80. The molecule has 0 aliphatic heterocycles. The second kappa shape index (κ2) is 9.62. The van der Waals surface area contributed by atoms with Gasteiger partial charge in [-0.3, -0.25) is 0 Å². The van der Waals surface area contributed by atoms with Crippen LogP contribution in [0.1, 0.15) is 30.5 Å². The van der Waals surface area contributed by atoms with Crippen molar-refractivity contribution < 1.29 is 9.94 Å². The molecule has 3 N–H and O–H groups in total. The molecule has 0 aliphatic rings. The average molecular weight is 470 g/mol. The lowest BCUT2D eigenvalue weighted by Gasteiger charge is -2.37. The van der Waals surface area contributed by atoms with E-state index < -0.39 is 5.41 Å². The summed E-state index contributed by atoms with van der Waals surface area (Å²) >= 11 is 0. The van der Waals surface area contributed by atoms with Crippen molar-refractivity contribution in [3.05, 3.63) is 144 Å². The van der Waals surface area contributed by atoms with Gasteiger partial charge in [-0.15, -0.1) is 0 Å². The van der Waals surface area contributed by atoms with Crippen molar-refractivity contribution in [1.29, 1.82) is 0 Å². The molecule has 1 unspecified atom stereocenters. The number of fused-ring (bicyclic) bond motifs is 2. The van der Waals surface area contributed by atoms with Crippen molar-refractivity contribution in [3.63, 3.8) is 0 Å². The van der Waals surface area contributed by atoms with Crippen molar-refractivity contribution in [3.8, 4) is 11.5 Å². The number of phenolic OH excluding ortho intramolecular Hbond substituents is 1. The molecule has 176 valence electrons. The summed E-state index contributed by atoms with van der Waals surface area (Å²) < 4.78 is 0. The van der Waals surface area contributed by atoms with E-state index in [0.29, 0.717) is 5.75 Å². The number of phenols is 1. The van der Waals surface area contributed by atoms with E-state index in [0.717, 1.165) is 43.8 Å². The minimum absolute atomic E-state index is 0.258. The molecule has 3 nitrogen and oxygen atoms in total. The fourth-order valence-electron chi connectivity index (χ4n) is 5.19. The maximum Gasteiger partial charge on any atom is 0.147 e. The molecule has 0 aromatic heterocycles. The van der Waals surface area contributed by atoms with Crippen molar-refractivity contribution in [2.24, 2.45) is 5.90 Å². The Labute approximate surface area is 211 Å². The van der Waals surface area contributed by atoms with Gasteiger partial charge in [0, 0.05) is 0 Å². The summed E-state index contributed by atoms with van der Waals surface area (Å²) in [6, 6.07) is 36.6. The summed E-state index contributed by atoms with van der Waals surface area (Å²) in [5, 5.41) is 14.2. The first-order valence-electron chi connectivity index (χ1n) is 11.9. The Kier molecular flexibility index (Phi) is 6.21. The summed E-state index contributed by atoms with van der Waals surface area (Å²) in [4.78, 5) is 4.95. The van der Waals surface area contributed by atoms with Gasteiger partial charge in [0.25, 0.3) is 0 Å². The minimum Gasteiger partial charge on any atom is -0.508 e. The molecule has 5 aromatic carbocycles. The predicted octanol–water partition coefficient (Wildman–Crippen LogP) is 7.41. The van der Waals surface area contributed by atoms with Gasteiger partial charge in [0.15, 0.2) is 0 Å². The Morgan fingerprint density at radius 1 is 0.778 bits per heavy atom. The Bertz CT molecular complexity index is 1600. The fraction of sp³-hybridized carbons (Fsp3) is 0.0909. The molecule has 0 radical (unpaired) electrons. The van der Waals surface area contributed by atoms with E-state index in [1.165, 1.54) is 0 Å². The molecule has 0 bridgehead atoms. The van der Waals surface area contributed by atoms with Crippen LogP contribution in [-0.4, -0.2) is 5.11 Å². The predicted molar refractivity (Wildman–Crippen MR) is 147 cm³/mol. The molecule has 0 spiro atoms. The summed E-state index contributed by atoms with van der Waals surface area (Å²) in [7, 11) is 0. The Hall–Kier alpha value is -4.52. The van der Waals surface area contributed by atoms with Crippen LogP contribution in [0.3, 0.4) is 0 Å². The number of hydrogen-bond donors (Lipinski definition) is 2. The van der Waals surface area contributed by atoms with E-state index in [1.807, 2.05) is 43.3 Å². The van der Waals surface area contributed by atoms with Crippen LogP contribution in [0, 0.1) is 12.1 Å². The van der Waals surface area contributed by atoms with Crippen LogP contribution in [0.4, 0.5) is 0 Å². The Morgan fingerprint density at radius 2 is 1.42 bits per heavy atom. The lowest BCUT2D eigenvalue weighted by atomic mass is 9.64. The molecule has 0 heterocycles. The van der Waals surface area contributed by atoms with Crippen molar-refractivity contribution >= 4 is 21.5 Å². The van der Waals surface area contributed by atoms with Crippen molar-refractivity contribution in [2.45, 2.75) is 19.3 Å². The van der Waals surface area contributed by atoms with Crippen molar-refractivity contribution in [2.75, 3.05) is 0 Å². The molecule has 0 fully saturated rings. The van der Waals surface area contributed by atoms with E-state index in [1.54, 1.807) is 12.1 Å². The quantitative estimate of drug-likeness (QED) is 0.201. The molecule has 5 aromatic rings. The highest BCUT2D eigenvalue weighted by Crippen LogP contribution is 2.47. The largest absolute Gasteiger partial charge is 0.508 e. The molecule has 36 heavy (non-hydrogen) atoms. The molecule has 3 heteroatoms. The Balaban J connectivity index is 1.89. The highest BCUT2D eigenvalue weighted by Gasteiger charge is 2.39. The molecule has 5 rings (SSSR count). The zero-order valence-electron chi connectivity index (χ0n) is 20.3.